The highest BCUT2D eigenvalue weighted by Gasteiger charge is 2.01. The number of aryl methyl sites for hydroxylation is 1. The molecule has 1 rings (SSSR count). The first-order valence-electron chi connectivity index (χ1n) is 7.26. The van der Waals surface area contributed by atoms with E-state index < -0.39 is 0 Å². The standard InChI is InChI=1S/C13H26N6S/c14-8-5-3-1-2-4-6-9-20-10-7-11-17-12(15)19-13(16)18-11/h1-10,14H2,(H4,15,16,17,18,19). The minimum atomic E-state index is 0.204. The Morgan fingerprint density at radius 2 is 1.35 bits per heavy atom. The molecule has 7 heteroatoms. The minimum Gasteiger partial charge on any atom is -0.368 e. The fraction of sp³-hybridized carbons (Fsp3) is 0.769. The molecule has 20 heavy (non-hydrogen) atoms. The Morgan fingerprint density at radius 3 is 2.00 bits per heavy atom. The molecule has 0 aliphatic rings. The lowest BCUT2D eigenvalue weighted by Gasteiger charge is -2.03. The van der Waals surface area contributed by atoms with Crippen LogP contribution in [0.25, 0.3) is 0 Å². The van der Waals surface area contributed by atoms with E-state index in [0.717, 1.165) is 25.1 Å². The van der Waals surface area contributed by atoms with Gasteiger partial charge in [0, 0.05) is 12.2 Å². The van der Waals surface area contributed by atoms with E-state index >= 15 is 0 Å². The fourth-order valence-electron chi connectivity index (χ4n) is 1.89. The lowest BCUT2D eigenvalue weighted by Crippen LogP contribution is -2.07. The Kier molecular flexibility index (Phi) is 9.06. The predicted molar refractivity (Wildman–Crippen MR) is 86.4 cm³/mol. The summed E-state index contributed by atoms with van der Waals surface area (Å²) in [5.74, 6) is 3.28. The third-order valence-corrected chi connectivity index (χ3v) is 4.00. The van der Waals surface area contributed by atoms with Gasteiger partial charge >= 0.3 is 0 Å². The molecule has 1 aromatic heterocycles. The summed E-state index contributed by atoms with van der Waals surface area (Å²) in [7, 11) is 0. The van der Waals surface area contributed by atoms with Crippen molar-refractivity contribution >= 4 is 23.7 Å². The van der Waals surface area contributed by atoms with Crippen molar-refractivity contribution in [2.24, 2.45) is 5.73 Å². The van der Waals surface area contributed by atoms with Crippen molar-refractivity contribution in [3.8, 4) is 0 Å². The van der Waals surface area contributed by atoms with E-state index in [4.69, 9.17) is 17.2 Å². The third-order valence-electron chi connectivity index (χ3n) is 2.93. The summed E-state index contributed by atoms with van der Waals surface area (Å²) in [4.78, 5) is 11.9. The second-order valence-electron chi connectivity index (χ2n) is 4.74. The molecule has 1 aromatic rings. The van der Waals surface area contributed by atoms with Crippen LogP contribution in [0, 0.1) is 0 Å². The molecule has 0 saturated heterocycles. The molecule has 0 fully saturated rings. The maximum Gasteiger partial charge on any atom is 0.225 e. The van der Waals surface area contributed by atoms with Crippen LogP contribution in [0.3, 0.4) is 0 Å². The van der Waals surface area contributed by atoms with Crippen molar-refractivity contribution < 1.29 is 0 Å². The summed E-state index contributed by atoms with van der Waals surface area (Å²) in [6.07, 6.45) is 8.43. The van der Waals surface area contributed by atoms with Gasteiger partial charge in [0.2, 0.25) is 11.9 Å². The van der Waals surface area contributed by atoms with Crippen LogP contribution in [0.2, 0.25) is 0 Å². The summed E-state index contributed by atoms with van der Waals surface area (Å²) in [5, 5.41) is 0. The Labute approximate surface area is 125 Å². The molecule has 0 radical (unpaired) electrons. The third kappa shape index (κ3) is 8.16. The molecule has 0 spiro atoms. The Bertz CT molecular complexity index is 354. The topological polar surface area (TPSA) is 117 Å². The van der Waals surface area contributed by atoms with Gasteiger partial charge in [0.25, 0.3) is 0 Å². The molecule has 1 heterocycles. The number of hydrogen-bond acceptors (Lipinski definition) is 7. The summed E-state index contributed by atoms with van der Waals surface area (Å²) in [5.41, 5.74) is 16.5. The van der Waals surface area contributed by atoms with Crippen LogP contribution in [0.5, 0.6) is 0 Å². The van der Waals surface area contributed by atoms with Gasteiger partial charge in [-0.1, -0.05) is 25.7 Å². The van der Waals surface area contributed by atoms with Crippen molar-refractivity contribution in [1.29, 1.82) is 0 Å². The second kappa shape index (κ2) is 10.7. The highest BCUT2D eigenvalue weighted by molar-refractivity contribution is 7.99. The van der Waals surface area contributed by atoms with Crippen molar-refractivity contribution in [1.82, 2.24) is 15.0 Å². The highest BCUT2D eigenvalue weighted by Crippen LogP contribution is 2.11. The lowest BCUT2D eigenvalue weighted by atomic mass is 10.1. The zero-order valence-electron chi connectivity index (χ0n) is 12.1. The zero-order chi connectivity index (χ0) is 14.6. The number of thioether (sulfide) groups is 1. The van der Waals surface area contributed by atoms with Crippen LogP contribution < -0.4 is 17.2 Å². The first kappa shape index (κ1) is 17.0. The van der Waals surface area contributed by atoms with E-state index in [9.17, 15) is 0 Å². The van der Waals surface area contributed by atoms with Crippen LogP contribution in [-0.2, 0) is 6.42 Å². The summed E-state index contributed by atoms with van der Waals surface area (Å²) in [6.45, 7) is 0.821. The van der Waals surface area contributed by atoms with Crippen LogP contribution in [-0.4, -0.2) is 33.0 Å². The van der Waals surface area contributed by atoms with Crippen LogP contribution >= 0.6 is 11.8 Å². The Balaban J connectivity index is 1.97. The number of unbranched alkanes of at least 4 members (excludes halogenated alkanes) is 5. The van der Waals surface area contributed by atoms with Gasteiger partial charge in [-0.2, -0.15) is 26.7 Å². The average Bonchev–Trinajstić information content (AvgIpc) is 2.40. The molecule has 0 atom stereocenters. The average molecular weight is 298 g/mol. The molecule has 0 aliphatic heterocycles. The Morgan fingerprint density at radius 1 is 0.750 bits per heavy atom. The quantitative estimate of drug-likeness (QED) is 0.531. The molecule has 0 unspecified atom stereocenters. The van der Waals surface area contributed by atoms with E-state index in [0.29, 0.717) is 5.82 Å². The first-order chi connectivity index (χ1) is 9.72. The summed E-state index contributed by atoms with van der Waals surface area (Å²) < 4.78 is 0. The molecule has 0 saturated carbocycles. The number of rotatable bonds is 11. The van der Waals surface area contributed by atoms with E-state index in [1.807, 2.05) is 11.8 Å². The van der Waals surface area contributed by atoms with Gasteiger partial charge in [-0.15, -0.1) is 0 Å². The van der Waals surface area contributed by atoms with Gasteiger partial charge in [0.05, 0.1) is 0 Å². The van der Waals surface area contributed by atoms with E-state index in [2.05, 4.69) is 15.0 Å². The highest BCUT2D eigenvalue weighted by atomic mass is 32.2. The molecular weight excluding hydrogens is 272 g/mol. The SMILES string of the molecule is NCCCCCCCCSCCc1nc(N)nc(N)n1. The van der Waals surface area contributed by atoms with Gasteiger partial charge in [-0.25, -0.2) is 0 Å². The first-order valence-corrected chi connectivity index (χ1v) is 8.41. The van der Waals surface area contributed by atoms with Gasteiger partial charge in [0.1, 0.15) is 5.82 Å². The van der Waals surface area contributed by atoms with Crippen molar-refractivity contribution in [3.63, 3.8) is 0 Å². The zero-order valence-corrected chi connectivity index (χ0v) is 12.9. The van der Waals surface area contributed by atoms with Crippen LogP contribution in [0.15, 0.2) is 0 Å². The smallest absolute Gasteiger partial charge is 0.225 e. The maximum atomic E-state index is 5.52. The Hall–Kier alpha value is -1.08. The molecular formula is C13H26N6S. The van der Waals surface area contributed by atoms with Gasteiger partial charge < -0.3 is 17.2 Å². The second-order valence-corrected chi connectivity index (χ2v) is 5.97. The van der Waals surface area contributed by atoms with Gasteiger partial charge in [-0.05, 0) is 25.1 Å². The normalized spacial score (nSPS) is 10.8. The number of nitrogen functional groups attached to an aromatic ring is 2. The number of nitrogens with zero attached hydrogens (tertiary/aromatic N) is 3. The number of anilines is 2. The van der Waals surface area contributed by atoms with Crippen molar-refractivity contribution in [2.45, 2.75) is 44.9 Å². The summed E-state index contributed by atoms with van der Waals surface area (Å²) >= 11 is 1.93. The largest absolute Gasteiger partial charge is 0.368 e. The van der Waals surface area contributed by atoms with E-state index in [1.165, 1.54) is 37.9 Å². The van der Waals surface area contributed by atoms with Gasteiger partial charge in [0.15, 0.2) is 0 Å². The van der Waals surface area contributed by atoms with Crippen LogP contribution in [0.4, 0.5) is 11.9 Å². The number of aromatic nitrogens is 3. The molecule has 6 N–H and O–H groups in total. The molecule has 0 aliphatic carbocycles. The van der Waals surface area contributed by atoms with Gasteiger partial charge in [-0.3, -0.25) is 0 Å². The fourth-order valence-corrected chi connectivity index (χ4v) is 2.83. The summed E-state index contributed by atoms with van der Waals surface area (Å²) in [6, 6.07) is 0. The molecule has 114 valence electrons. The van der Waals surface area contributed by atoms with E-state index in [1.54, 1.807) is 0 Å². The molecule has 0 aromatic carbocycles. The van der Waals surface area contributed by atoms with E-state index in [-0.39, 0.29) is 11.9 Å². The minimum absolute atomic E-state index is 0.204. The van der Waals surface area contributed by atoms with Crippen LogP contribution in [0.1, 0.15) is 44.3 Å². The van der Waals surface area contributed by atoms with Crippen molar-refractivity contribution in [2.75, 3.05) is 29.5 Å². The van der Waals surface area contributed by atoms with Crippen molar-refractivity contribution in [3.05, 3.63) is 5.82 Å². The monoisotopic (exact) mass is 298 g/mol. The molecule has 6 nitrogen and oxygen atoms in total. The molecule has 0 bridgehead atoms. The lowest BCUT2D eigenvalue weighted by molar-refractivity contribution is 0.614. The maximum absolute atomic E-state index is 5.52. The number of nitrogens with two attached hydrogens (primary N) is 3. The predicted octanol–water partition coefficient (Wildman–Crippen LogP) is 1.61. The number of hydrogen-bond donors (Lipinski definition) is 3. The molecule has 0 amide bonds.